The highest BCUT2D eigenvalue weighted by atomic mass is 16.1. The third-order valence-electron chi connectivity index (χ3n) is 5.23. The van der Waals surface area contributed by atoms with E-state index in [4.69, 9.17) is 0 Å². The van der Waals surface area contributed by atoms with Crippen LogP contribution in [0.4, 0.5) is 5.69 Å². The van der Waals surface area contributed by atoms with Crippen molar-refractivity contribution >= 4 is 11.6 Å². The van der Waals surface area contributed by atoms with Crippen LogP contribution in [0.15, 0.2) is 48.5 Å². The normalized spacial score (nSPS) is 18.7. The van der Waals surface area contributed by atoms with Crippen LogP contribution in [-0.2, 0) is 4.79 Å². The maximum Gasteiger partial charge on any atom is 0.225 e. The van der Waals surface area contributed by atoms with E-state index in [2.05, 4.69) is 65.5 Å². The highest BCUT2D eigenvalue weighted by Crippen LogP contribution is 2.24. The second kappa shape index (κ2) is 8.47. The van der Waals surface area contributed by atoms with Crippen LogP contribution in [-0.4, -0.2) is 48.9 Å². The molecule has 4 nitrogen and oxygen atoms in total. The van der Waals surface area contributed by atoms with Crippen LogP contribution in [0, 0.1) is 13.8 Å². The summed E-state index contributed by atoms with van der Waals surface area (Å²) in [6.07, 6.45) is 0.526. The number of nitrogens with one attached hydrogen (secondary N) is 1. The highest BCUT2D eigenvalue weighted by molar-refractivity contribution is 5.91. The van der Waals surface area contributed by atoms with E-state index in [-0.39, 0.29) is 5.91 Å². The predicted molar refractivity (Wildman–Crippen MR) is 107 cm³/mol. The largest absolute Gasteiger partial charge is 0.326 e. The van der Waals surface area contributed by atoms with Gasteiger partial charge < -0.3 is 5.32 Å². The number of nitrogens with zero attached hydrogens (tertiary/aromatic N) is 2. The standard InChI is InChI=1S/C22H29N3O/c1-17-9-10-20(18(2)15-17)23-22(26)11-12-25-14-13-24(3)21(16-25)19-7-5-4-6-8-19/h4-10,15,21H,11-14,16H2,1-3H3,(H,23,26)/t21-/m1/s1. The van der Waals surface area contributed by atoms with E-state index in [9.17, 15) is 4.79 Å². The molecule has 4 heteroatoms. The van der Waals surface area contributed by atoms with Gasteiger partial charge in [0.1, 0.15) is 0 Å². The quantitative estimate of drug-likeness (QED) is 0.894. The number of carbonyl (C=O) groups excluding carboxylic acids is 1. The van der Waals surface area contributed by atoms with Gasteiger partial charge in [-0.3, -0.25) is 14.6 Å². The van der Waals surface area contributed by atoms with E-state index in [0.717, 1.165) is 37.4 Å². The number of rotatable bonds is 5. The molecular formula is C22H29N3O. The van der Waals surface area contributed by atoms with Crippen molar-refractivity contribution in [1.82, 2.24) is 9.80 Å². The Hall–Kier alpha value is -2.17. The summed E-state index contributed by atoms with van der Waals surface area (Å²) in [5.41, 5.74) is 4.59. The number of anilines is 1. The first-order valence-corrected chi connectivity index (χ1v) is 9.37. The average Bonchev–Trinajstić information content (AvgIpc) is 2.64. The van der Waals surface area contributed by atoms with Crippen molar-refractivity contribution in [3.8, 4) is 0 Å². The molecule has 1 aliphatic heterocycles. The van der Waals surface area contributed by atoms with E-state index in [1.54, 1.807) is 0 Å². The summed E-state index contributed by atoms with van der Waals surface area (Å²) in [5, 5.41) is 3.05. The number of hydrogen-bond donors (Lipinski definition) is 1. The van der Waals surface area contributed by atoms with Gasteiger partial charge in [-0.15, -0.1) is 0 Å². The van der Waals surface area contributed by atoms with Crippen LogP contribution in [0.3, 0.4) is 0 Å². The van der Waals surface area contributed by atoms with Gasteiger partial charge in [-0.2, -0.15) is 0 Å². The average molecular weight is 351 g/mol. The number of amides is 1. The van der Waals surface area contributed by atoms with Crippen molar-refractivity contribution in [1.29, 1.82) is 0 Å². The lowest BCUT2D eigenvalue weighted by atomic mass is 10.0. The van der Waals surface area contributed by atoms with Crippen molar-refractivity contribution in [3.63, 3.8) is 0 Å². The number of piperazine rings is 1. The molecule has 0 unspecified atom stereocenters. The molecule has 1 atom stereocenters. The first-order valence-electron chi connectivity index (χ1n) is 9.37. The van der Waals surface area contributed by atoms with Crippen LogP contribution in [0.25, 0.3) is 0 Å². The van der Waals surface area contributed by atoms with Gasteiger partial charge in [-0.25, -0.2) is 0 Å². The van der Waals surface area contributed by atoms with Crippen LogP contribution < -0.4 is 5.32 Å². The first-order chi connectivity index (χ1) is 12.5. The van der Waals surface area contributed by atoms with E-state index in [1.165, 1.54) is 11.1 Å². The zero-order valence-corrected chi connectivity index (χ0v) is 16.0. The highest BCUT2D eigenvalue weighted by Gasteiger charge is 2.25. The lowest BCUT2D eigenvalue weighted by Crippen LogP contribution is -2.47. The first kappa shape index (κ1) is 18.6. The fourth-order valence-corrected chi connectivity index (χ4v) is 3.59. The third kappa shape index (κ3) is 4.71. The van der Waals surface area contributed by atoms with Crippen LogP contribution in [0.2, 0.25) is 0 Å². The van der Waals surface area contributed by atoms with E-state index >= 15 is 0 Å². The summed E-state index contributed by atoms with van der Waals surface area (Å²) in [6, 6.07) is 17.2. The molecule has 1 saturated heterocycles. The number of hydrogen-bond acceptors (Lipinski definition) is 3. The summed E-state index contributed by atoms with van der Waals surface area (Å²) in [4.78, 5) is 17.2. The van der Waals surface area contributed by atoms with Gasteiger partial charge in [0, 0.05) is 44.3 Å². The molecule has 138 valence electrons. The molecule has 2 aromatic carbocycles. The van der Waals surface area contributed by atoms with E-state index in [1.807, 2.05) is 19.1 Å². The topological polar surface area (TPSA) is 35.6 Å². The number of aryl methyl sites for hydroxylation is 2. The summed E-state index contributed by atoms with van der Waals surface area (Å²) in [5.74, 6) is 0.0899. The molecule has 2 aromatic rings. The van der Waals surface area contributed by atoms with Gasteiger partial charge in [-0.1, -0.05) is 48.0 Å². The summed E-state index contributed by atoms with van der Waals surface area (Å²) in [7, 11) is 2.18. The fourth-order valence-electron chi connectivity index (χ4n) is 3.59. The second-order valence-corrected chi connectivity index (χ2v) is 7.32. The molecule has 0 saturated carbocycles. The Morgan fingerprint density at radius 2 is 1.88 bits per heavy atom. The molecule has 1 fully saturated rings. The Morgan fingerprint density at radius 1 is 1.12 bits per heavy atom. The molecule has 0 aromatic heterocycles. The molecule has 26 heavy (non-hydrogen) atoms. The van der Waals surface area contributed by atoms with Gasteiger partial charge in [0.05, 0.1) is 0 Å². The Kier molecular flexibility index (Phi) is 6.07. The molecule has 0 bridgehead atoms. The molecule has 1 N–H and O–H groups in total. The minimum Gasteiger partial charge on any atom is -0.326 e. The van der Waals surface area contributed by atoms with Gasteiger partial charge in [-0.05, 0) is 38.1 Å². The smallest absolute Gasteiger partial charge is 0.225 e. The number of benzene rings is 2. The van der Waals surface area contributed by atoms with E-state index in [0.29, 0.717) is 12.5 Å². The third-order valence-corrected chi connectivity index (χ3v) is 5.23. The maximum absolute atomic E-state index is 12.4. The van der Waals surface area contributed by atoms with Gasteiger partial charge in [0.15, 0.2) is 0 Å². The second-order valence-electron chi connectivity index (χ2n) is 7.32. The fraction of sp³-hybridized carbons (Fsp3) is 0.409. The van der Waals surface area contributed by atoms with Crippen molar-refractivity contribution in [3.05, 3.63) is 65.2 Å². The SMILES string of the molecule is Cc1ccc(NC(=O)CCN2CCN(C)[C@@H](c3ccccc3)C2)c(C)c1. The van der Waals surface area contributed by atoms with Crippen LogP contribution >= 0.6 is 0 Å². The predicted octanol–water partition coefficient (Wildman–Crippen LogP) is 3.62. The van der Waals surface area contributed by atoms with Crippen molar-refractivity contribution in [2.45, 2.75) is 26.3 Å². The maximum atomic E-state index is 12.4. The molecule has 1 aliphatic rings. The van der Waals surface area contributed by atoms with Crippen molar-refractivity contribution in [2.75, 3.05) is 38.5 Å². The lowest BCUT2D eigenvalue weighted by molar-refractivity contribution is -0.116. The van der Waals surface area contributed by atoms with Crippen molar-refractivity contribution < 1.29 is 4.79 Å². The lowest BCUT2D eigenvalue weighted by Gasteiger charge is -2.39. The monoisotopic (exact) mass is 351 g/mol. The molecule has 1 amide bonds. The Morgan fingerprint density at radius 3 is 2.62 bits per heavy atom. The molecule has 0 spiro atoms. The molecule has 0 aliphatic carbocycles. The summed E-state index contributed by atoms with van der Waals surface area (Å²) < 4.78 is 0. The van der Waals surface area contributed by atoms with Crippen LogP contribution in [0.5, 0.6) is 0 Å². The van der Waals surface area contributed by atoms with Crippen molar-refractivity contribution in [2.24, 2.45) is 0 Å². The summed E-state index contributed by atoms with van der Waals surface area (Å²) in [6.45, 7) is 7.91. The minimum atomic E-state index is 0.0899. The number of carbonyl (C=O) groups is 1. The Balaban J connectivity index is 1.53. The number of likely N-dealkylation sites (N-methyl/N-ethyl adjacent to an activating group) is 1. The molecular weight excluding hydrogens is 322 g/mol. The summed E-state index contributed by atoms with van der Waals surface area (Å²) >= 11 is 0. The van der Waals surface area contributed by atoms with Gasteiger partial charge in [0.25, 0.3) is 0 Å². The van der Waals surface area contributed by atoms with Crippen LogP contribution in [0.1, 0.15) is 29.2 Å². The molecule has 1 heterocycles. The zero-order chi connectivity index (χ0) is 18.5. The zero-order valence-electron chi connectivity index (χ0n) is 16.0. The van der Waals surface area contributed by atoms with E-state index < -0.39 is 0 Å². The van der Waals surface area contributed by atoms with Gasteiger partial charge in [0.2, 0.25) is 5.91 Å². The Bertz CT molecular complexity index is 744. The minimum absolute atomic E-state index is 0.0899. The molecule has 0 radical (unpaired) electrons. The van der Waals surface area contributed by atoms with Gasteiger partial charge >= 0.3 is 0 Å². The molecule has 3 rings (SSSR count). The Labute approximate surface area is 156 Å².